The monoisotopic (exact) mass is 264 g/mol. The van der Waals surface area contributed by atoms with E-state index in [9.17, 15) is 4.79 Å². The van der Waals surface area contributed by atoms with Crippen molar-refractivity contribution in [2.75, 3.05) is 5.32 Å². The number of alkyl halides is 1. The van der Waals surface area contributed by atoms with Crippen molar-refractivity contribution in [2.45, 2.75) is 19.2 Å². The number of nitrogens with zero attached hydrogens (tertiary/aromatic N) is 1. The van der Waals surface area contributed by atoms with Crippen molar-refractivity contribution in [3.05, 3.63) is 47.2 Å². The van der Waals surface area contributed by atoms with E-state index in [0.29, 0.717) is 5.88 Å². The van der Waals surface area contributed by atoms with Crippen LogP contribution in [-0.4, -0.2) is 11.1 Å². The molecule has 2 rings (SSSR count). The van der Waals surface area contributed by atoms with Gasteiger partial charge in [0.15, 0.2) is 0 Å². The molecule has 0 radical (unpaired) electrons. The van der Waals surface area contributed by atoms with Crippen molar-refractivity contribution in [3.63, 3.8) is 0 Å². The third-order valence-corrected chi connectivity index (χ3v) is 3.17. The van der Waals surface area contributed by atoms with Crippen molar-refractivity contribution in [1.82, 2.24) is 5.16 Å². The highest BCUT2D eigenvalue weighted by Gasteiger charge is 2.20. The van der Waals surface area contributed by atoms with Crippen LogP contribution in [0.3, 0.4) is 0 Å². The van der Waals surface area contributed by atoms with E-state index in [2.05, 4.69) is 10.5 Å². The number of aryl methyl sites for hydroxylation is 1. The van der Waals surface area contributed by atoms with Gasteiger partial charge in [-0.1, -0.05) is 35.5 Å². The largest absolute Gasteiger partial charge is 0.338 e. The number of halogens is 1. The Balaban J connectivity index is 2.11. The van der Waals surface area contributed by atoms with Gasteiger partial charge in [0.25, 0.3) is 0 Å². The molecular formula is C13H13ClN2O2. The summed E-state index contributed by atoms with van der Waals surface area (Å²) >= 11 is 6.09. The van der Waals surface area contributed by atoms with Gasteiger partial charge >= 0.3 is 0 Å². The summed E-state index contributed by atoms with van der Waals surface area (Å²) in [5.74, 6) is 0.0150. The first kappa shape index (κ1) is 12.6. The van der Waals surface area contributed by atoms with E-state index in [1.807, 2.05) is 32.0 Å². The van der Waals surface area contributed by atoms with Crippen LogP contribution >= 0.6 is 11.6 Å². The second-order valence-electron chi connectivity index (χ2n) is 3.98. The predicted molar refractivity (Wildman–Crippen MR) is 69.6 cm³/mol. The van der Waals surface area contributed by atoms with E-state index in [1.54, 1.807) is 12.1 Å². The number of amides is 1. The molecule has 0 aliphatic rings. The van der Waals surface area contributed by atoms with Crippen molar-refractivity contribution in [2.24, 2.45) is 0 Å². The van der Waals surface area contributed by atoms with E-state index in [-0.39, 0.29) is 5.91 Å². The first-order valence-corrected chi connectivity index (χ1v) is 5.96. The maximum Gasteiger partial charge on any atom is 0.249 e. The third kappa shape index (κ3) is 2.54. The van der Waals surface area contributed by atoms with Crippen LogP contribution in [0.5, 0.6) is 0 Å². The van der Waals surface area contributed by atoms with Crippen LogP contribution in [0.1, 0.15) is 22.2 Å². The summed E-state index contributed by atoms with van der Waals surface area (Å²) < 4.78 is 5.01. The molecule has 1 heterocycles. The van der Waals surface area contributed by atoms with Gasteiger partial charge in [0.1, 0.15) is 5.38 Å². The fourth-order valence-electron chi connectivity index (χ4n) is 1.48. The standard InChI is InChI=1S/C13H13ClN2O2/c1-8-9(2)16-18-13(8)15-12(17)11(14)10-6-4-3-5-7-10/h3-7,11H,1-2H3,(H,15,17). The van der Waals surface area contributed by atoms with Gasteiger partial charge in [-0.25, -0.2) is 0 Å². The van der Waals surface area contributed by atoms with Crippen molar-refractivity contribution < 1.29 is 9.32 Å². The molecule has 0 saturated carbocycles. The molecule has 5 heteroatoms. The Hall–Kier alpha value is -1.81. The number of hydrogen-bond donors (Lipinski definition) is 1. The second kappa shape index (κ2) is 5.23. The predicted octanol–water partition coefficient (Wildman–Crippen LogP) is 3.21. The van der Waals surface area contributed by atoms with Crippen LogP contribution in [0.25, 0.3) is 0 Å². The Labute approximate surface area is 110 Å². The highest BCUT2D eigenvalue weighted by Crippen LogP contribution is 2.24. The molecule has 0 bridgehead atoms. The fraction of sp³-hybridized carbons (Fsp3) is 0.231. The number of nitrogens with one attached hydrogen (secondary N) is 1. The Morgan fingerprint density at radius 1 is 1.33 bits per heavy atom. The molecule has 0 fully saturated rings. The Kier molecular flexibility index (Phi) is 3.67. The maximum atomic E-state index is 11.9. The molecule has 0 saturated heterocycles. The van der Waals surface area contributed by atoms with E-state index >= 15 is 0 Å². The van der Waals surface area contributed by atoms with Gasteiger partial charge in [-0.05, 0) is 19.4 Å². The lowest BCUT2D eigenvalue weighted by molar-refractivity contribution is -0.116. The lowest BCUT2D eigenvalue weighted by atomic mass is 10.1. The summed E-state index contributed by atoms with van der Waals surface area (Å²) in [6.45, 7) is 3.64. The lowest BCUT2D eigenvalue weighted by Gasteiger charge is -2.09. The normalized spacial score (nSPS) is 12.2. The molecule has 1 unspecified atom stereocenters. The highest BCUT2D eigenvalue weighted by molar-refractivity contribution is 6.32. The summed E-state index contributed by atoms with van der Waals surface area (Å²) in [4.78, 5) is 11.9. The minimum Gasteiger partial charge on any atom is -0.338 e. The van der Waals surface area contributed by atoms with Crippen LogP contribution in [0, 0.1) is 13.8 Å². The van der Waals surface area contributed by atoms with Gasteiger partial charge in [0.05, 0.1) is 5.69 Å². The number of carbonyl (C=O) groups is 1. The highest BCUT2D eigenvalue weighted by atomic mass is 35.5. The molecule has 0 aliphatic carbocycles. The number of benzene rings is 1. The van der Waals surface area contributed by atoms with Gasteiger partial charge in [-0.15, -0.1) is 11.6 Å². The first-order chi connectivity index (χ1) is 8.59. The summed E-state index contributed by atoms with van der Waals surface area (Å²) in [5.41, 5.74) is 2.29. The first-order valence-electron chi connectivity index (χ1n) is 5.52. The average molecular weight is 265 g/mol. The van der Waals surface area contributed by atoms with Crippen LogP contribution in [0.2, 0.25) is 0 Å². The summed E-state index contributed by atoms with van der Waals surface area (Å²) in [5, 5.41) is 5.64. The smallest absolute Gasteiger partial charge is 0.249 e. The number of rotatable bonds is 3. The Morgan fingerprint density at radius 3 is 2.56 bits per heavy atom. The SMILES string of the molecule is Cc1noc(NC(=O)C(Cl)c2ccccc2)c1C. The summed E-state index contributed by atoms with van der Waals surface area (Å²) in [7, 11) is 0. The Bertz CT molecular complexity index is 551. The van der Waals surface area contributed by atoms with Gasteiger partial charge in [0, 0.05) is 5.56 Å². The number of hydrogen-bond acceptors (Lipinski definition) is 3. The van der Waals surface area contributed by atoms with Crippen LogP contribution < -0.4 is 5.32 Å². The molecule has 18 heavy (non-hydrogen) atoms. The molecule has 94 valence electrons. The van der Waals surface area contributed by atoms with Crippen molar-refractivity contribution >= 4 is 23.4 Å². The minimum absolute atomic E-state index is 0.331. The topological polar surface area (TPSA) is 55.1 Å². The maximum absolute atomic E-state index is 11.9. The quantitative estimate of drug-likeness (QED) is 0.866. The number of aromatic nitrogens is 1. The minimum atomic E-state index is -0.754. The van der Waals surface area contributed by atoms with E-state index in [1.165, 1.54) is 0 Å². The summed E-state index contributed by atoms with van der Waals surface area (Å²) in [6.07, 6.45) is 0. The zero-order chi connectivity index (χ0) is 13.1. The molecule has 1 aromatic carbocycles. The lowest BCUT2D eigenvalue weighted by Crippen LogP contribution is -2.17. The van der Waals surface area contributed by atoms with E-state index < -0.39 is 5.38 Å². The molecule has 1 atom stereocenters. The number of anilines is 1. The van der Waals surface area contributed by atoms with Crippen LogP contribution in [-0.2, 0) is 4.79 Å². The molecular weight excluding hydrogens is 252 g/mol. The van der Waals surface area contributed by atoms with Gasteiger partial charge in [-0.2, -0.15) is 0 Å². The molecule has 1 N–H and O–H groups in total. The molecule has 4 nitrogen and oxygen atoms in total. The van der Waals surface area contributed by atoms with Gasteiger partial charge in [0.2, 0.25) is 11.8 Å². The molecule has 2 aromatic rings. The Morgan fingerprint density at radius 2 is 2.00 bits per heavy atom. The molecule has 0 spiro atoms. The number of carbonyl (C=O) groups excluding carboxylic acids is 1. The van der Waals surface area contributed by atoms with Gasteiger partial charge in [-0.3, -0.25) is 10.1 Å². The van der Waals surface area contributed by atoms with E-state index in [0.717, 1.165) is 16.8 Å². The molecule has 1 amide bonds. The fourth-order valence-corrected chi connectivity index (χ4v) is 1.68. The molecule has 0 aliphatic heterocycles. The average Bonchev–Trinajstić information content (AvgIpc) is 2.71. The van der Waals surface area contributed by atoms with Gasteiger partial charge < -0.3 is 4.52 Å². The third-order valence-electron chi connectivity index (χ3n) is 2.72. The second-order valence-corrected chi connectivity index (χ2v) is 4.42. The van der Waals surface area contributed by atoms with Crippen LogP contribution in [0.4, 0.5) is 5.88 Å². The van der Waals surface area contributed by atoms with Crippen molar-refractivity contribution in [1.29, 1.82) is 0 Å². The van der Waals surface area contributed by atoms with Crippen molar-refractivity contribution in [3.8, 4) is 0 Å². The zero-order valence-corrected chi connectivity index (χ0v) is 10.9. The zero-order valence-electron chi connectivity index (χ0n) is 10.1. The summed E-state index contributed by atoms with van der Waals surface area (Å²) in [6, 6.07) is 9.14. The molecule has 1 aromatic heterocycles. The van der Waals surface area contributed by atoms with E-state index in [4.69, 9.17) is 16.1 Å². The van der Waals surface area contributed by atoms with Crippen LogP contribution in [0.15, 0.2) is 34.9 Å².